The Bertz CT molecular complexity index is 922. The highest BCUT2D eigenvalue weighted by Gasteiger charge is 2.43. The maximum atomic E-state index is 13.1. The molecule has 0 spiro atoms. The lowest BCUT2D eigenvalue weighted by Gasteiger charge is -2.39. The van der Waals surface area contributed by atoms with Gasteiger partial charge in [-0.15, -0.1) is 0 Å². The van der Waals surface area contributed by atoms with E-state index in [1.165, 1.54) is 0 Å². The Morgan fingerprint density at radius 3 is 2.56 bits per heavy atom. The van der Waals surface area contributed by atoms with E-state index in [0.29, 0.717) is 29.1 Å². The number of dihydropyridines is 1. The number of halogens is 1. The molecule has 0 radical (unpaired) electrons. The minimum atomic E-state index is -0.491. The molecular weight excluding hydrogens is 408 g/mol. The molecule has 0 bridgehead atoms. The van der Waals surface area contributed by atoms with Crippen LogP contribution in [0.2, 0.25) is 0 Å². The molecule has 0 fully saturated rings. The van der Waals surface area contributed by atoms with E-state index in [1.807, 2.05) is 13.0 Å². The fourth-order valence-corrected chi connectivity index (χ4v) is 4.61. The molecule has 27 heavy (non-hydrogen) atoms. The van der Waals surface area contributed by atoms with Crippen LogP contribution in [0.5, 0.6) is 11.5 Å². The summed E-state index contributed by atoms with van der Waals surface area (Å²) < 4.78 is 11.9. The summed E-state index contributed by atoms with van der Waals surface area (Å²) in [5.41, 5.74) is 3.47. The van der Waals surface area contributed by atoms with Gasteiger partial charge in [0.25, 0.3) is 0 Å². The molecule has 0 aromatic heterocycles. The Labute approximate surface area is 168 Å². The van der Waals surface area contributed by atoms with Gasteiger partial charge in [-0.1, -0.05) is 29.8 Å². The molecule has 1 aromatic rings. The van der Waals surface area contributed by atoms with E-state index in [4.69, 9.17) is 9.47 Å². The van der Waals surface area contributed by atoms with Crippen molar-refractivity contribution in [3.63, 3.8) is 0 Å². The molecule has 142 valence electrons. The van der Waals surface area contributed by atoms with Crippen molar-refractivity contribution in [1.29, 1.82) is 5.26 Å². The topological polar surface area (TPSA) is 71.3 Å². The van der Waals surface area contributed by atoms with E-state index in [-0.39, 0.29) is 11.2 Å². The Morgan fingerprint density at radius 2 is 1.96 bits per heavy atom. The number of allylic oxidation sites excluding steroid dienone is 4. The Hall–Kier alpha value is -2.26. The molecule has 1 heterocycles. The number of Topliss-reactive ketones (excluding diaryl/α,β-unsaturated/α-hetero) is 1. The van der Waals surface area contributed by atoms with Crippen LogP contribution in [0.25, 0.3) is 0 Å². The first kappa shape index (κ1) is 19.5. The van der Waals surface area contributed by atoms with Crippen molar-refractivity contribution >= 4 is 21.7 Å². The van der Waals surface area contributed by atoms with Gasteiger partial charge in [0.15, 0.2) is 17.3 Å². The summed E-state index contributed by atoms with van der Waals surface area (Å²) >= 11 is 3.60. The third kappa shape index (κ3) is 3.25. The smallest absolute Gasteiger partial charge is 0.166 e. The number of rotatable bonds is 3. The number of nitrogens with one attached hydrogen (secondary N) is 1. The highest BCUT2D eigenvalue weighted by Crippen LogP contribution is 2.51. The summed E-state index contributed by atoms with van der Waals surface area (Å²) in [6, 6.07) is 5.97. The number of carbonyl (C=O) groups is 1. The lowest BCUT2D eigenvalue weighted by molar-refractivity contribution is -0.118. The summed E-state index contributed by atoms with van der Waals surface area (Å²) in [6.45, 7) is 6.06. The molecule has 2 aliphatic rings. The first-order chi connectivity index (χ1) is 12.7. The van der Waals surface area contributed by atoms with Crippen molar-refractivity contribution in [3.8, 4) is 17.6 Å². The van der Waals surface area contributed by atoms with Gasteiger partial charge in [-0.2, -0.15) is 5.26 Å². The molecule has 0 unspecified atom stereocenters. The summed E-state index contributed by atoms with van der Waals surface area (Å²) in [4.78, 5) is 13.1. The Balaban J connectivity index is 2.32. The average molecular weight is 431 g/mol. The van der Waals surface area contributed by atoms with Crippen LogP contribution in [0.4, 0.5) is 0 Å². The quantitative estimate of drug-likeness (QED) is 0.758. The highest BCUT2D eigenvalue weighted by molar-refractivity contribution is 9.10. The molecule has 1 aliphatic heterocycles. The lowest BCUT2D eigenvalue weighted by atomic mass is 9.68. The second-order valence-electron chi connectivity index (χ2n) is 7.74. The van der Waals surface area contributed by atoms with Gasteiger partial charge in [0.2, 0.25) is 0 Å². The molecule has 6 heteroatoms. The lowest BCUT2D eigenvalue weighted by Crippen LogP contribution is -2.37. The summed E-state index contributed by atoms with van der Waals surface area (Å²) in [5.74, 6) is 0.670. The van der Waals surface area contributed by atoms with Crippen LogP contribution in [0, 0.1) is 16.7 Å². The van der Waals surface area contributed by atoms with Crippen LogP contribution in [0.3, 0.4) is 0 Å². The van der Waals surface area contributed by atoms with E-state index >= 15 is 0 Å². The SMILES string of the molecule is COc1ccc(Br)c([C@@H]2C(C#N)=C(C)NC3=C2C(=O)CC(C)(C)C3)c1OC. The summed E-state index contributed by atoms with van der Waals surface area (Å²) in [5, 5.41) is 13.2. The van der Waals surface area contributed by atoms with Gasteiger partial charge in [-0.25, -0.2) is 0 Å². The van der Waals surface area contributed by atoms with Crippen LogP contribution in [-0.2, 0) is 4.79 Å². The van der Waals surface area contributed by atoms with Crippen LogP contribution < -0.4 is 14.8 Å². The van der Waals surface area contributed by atoms with Crippen molar-refractivity contribution in [3.05, 3.63) is 44.7 Å². The summed E-state index contributed by atoms with van der Waals surface area (Å²) in [6.07, 6.45) is 1.20. The number of methoxy groups -OCH3 is 2. The Kier molecular flexibility index (Phi) is 5.09. The molecule has 0 saturated carbocycles. The van der Waals surface area contributed by atoms with E-state index in [2.05, 4.69) is 41.2 Å². The van der Waals surface area contributed by atoms with Gasteiger partial charge in [0, 0.05) is 33.4 Å². The number of nitriles is 1. The third-order valence-corrected chi connectivity index (χ3v) is 5.87. The van der Waals surface area contributed by atoms with Crippen molar-refractivity contribution < 1.29 is 14.3 Å². The number of benzene rings is 1. The minimum absolute atomic E-state index is 0.0655. The van der Waals surface area contributed by atoms with Crippen LogP contribution in [-0.4, -0.2) is 20.0 Å². The zero-order chi connectivity index (χ0) is 19.9. The fraction of sp³-hybridized carbons (Fsp3) is 0.429. The molecule has 1 atom stereocenters. The second kappa shape index (κ2) is 7.05. The van der Waals surface area contributed by atoms with Gasteiger partial charge in [0.05, 0.1) is 31.8 Å². The summed E-state index contributed by atoms with van der Waals surface area (Å²) in [7, 11) is 3.14. The maximum Gasteiger partial charge on any atom is 0.166 e. The number of ether oxygens (including phenoxy) is 2. The first-order valence-electron chi connectivity index (χ1n) is 8.78. The number of hydrogen-bond donors (Lipinski definition) is 1. The molecule has 1 N–H and O–H groups in total. The van der Waals surface area contributed by atoms with E-state index in [9.17, 15) is 10.1 Å². The van der Waals surface area contributed by atoms with Crippen molar-refractivity contribution in [2.45, 2.75) is 39.5 Å². The van der Waals surface area contributed by atoms with Crippen molar-refractivity contribution in [2.75, 3.05) is 14.2 Å². The van der Waals surface area contributed by atoms with Crippen molar-refractivity contribution in [1.82, 2.24) is 5.32 Å². The van der Waals surface area contributed by atoms with Gasteiger partial charge in [0.1, 0.15) is 0 Å². The largest absolute Gasteiger partial charge is 0.493 e. The molecule has 0 saturated heterocycles. The normalized spacial score (nSPS) is 21.4. The van der Waals surface area contributed by atoms with E-state index < -0.39 is 5.92 Å². The molecule has 1 aromatic carbocycles. The molecule has 3 rings (SSSR count). The van der Waals surface area contributed by atoms with Gasteiger partial charge in [-0.05, 0) is 30.9 Å². The van der Waals surface area contributed by atoms with Gasteiger partial charge >= 0.3 is 0 Å². The fourth-order valence-electron chi connectivity index (χ4n) is 4.07. The molecule has 1 aliphatic carbocycles. The van der Waals surface area contributed by atoms with Gasteiger partial charge in [-0.3, -0.25) is 4.79 Å². The number of ketones is 1. The number of carbonyl (C=O) groups excluding carboxylic acids is 1. The van der Waals surface area contributed by atoms with Crippen LogP contribution in [0.1, 0.15) is 45.1 Å². The highest BCUT2D eigenvalue weighted by atomic mass is 79.9. The number of hydrogen-bond acceptors (Lipinski definition) is 5. The molecule has 5 nitrogen and oxygen atoms in total. The predicted molar refractivity (Wildman–Crippen MR) is 106 cm³/mol. The minimum Gasteiger partial charge on any atom is -0.493 e. The molecular formula is C21H23BrN2O3. The van der Waals surface area contributed by atoms with E-state index in [0.717, 1.165) is 27.9 Å². The van der Waals surface area contributed by atoms with Crippen LogP contribution in [0.15, 0.2) is 39.1 Å². The standard InChI is InChI=1S/C21H23BrN2O3/c1-11-12(10-23)17(18-13(22)6-7-16(26-4)20(18)27-5)19-14(24-11)8-21(2,3)9-15(19)25/h6-7,17,24H,8-9H2,1-5H3/t17-/m0/s1. The second-order valence-corrected chi connectivity index (χ2v) is 8.59. The number of nitrogens with zero attached hydrogens (tertiary/aromatic N) is 1. The van der Waals surface area contributed by atoms with Gasteiger partial charge < -0.3 is 14.8 Å². The zero-order valence-electron chi connectivity index (χ0n) is 16.2. The first-order valence-corrected chi connectivity index (χ1v) is 9.58. The molecule has 0 amide bonds. The van der Waals surface area contributed by atoms with Crippen LogP contribution >= 0.6 is 15.9 Å². The monoisotopic (exact) mass is 430 g/mol. The average Bonchev–Trinajstić information content (AvgIpc) is 2.59. The van der Waals surface area contributed by atoms with E-state index in [1.54, 1.807) is 20.3 Å². The predicted octanol–water partition coefficient (Wildman–Crippen LogP) is 4.59. The third-order valence-electron chi connectivity index (χ3n) is 5.18. The Morgan fingerprint density at radius 1 is 1.26 bits per heavy atom. The maximum absolute atomic E-state index is 13.1. The zero-order valence-corrected chi connectivity index (χ0v) is 17.8. The van der Waals surface area contributed by atoms with Crippen molar-refractivity contribution in [2.24, 2.45) is 5.41 Å².